The van der Waals surface area contributed by atoms with Gasteiger partial charge in [-0.15, -0.1) is 0 Å². The van der Waals surface area contributed by atoms with Crippen LogP contribution in [0, 0.1) is 0 Å². The molecular formula is C32H32Cl2N6O. The number of hydrogen-bond donors (Lipinski definition) is 2. The maximum Gasteiger partial charge on any atom is 0.254 e. The summed E-state index contributed by atoms with van der Waals surface area (Å²) in [7, 11) is 0. The minimum atomic E-state index is -0.332. The van der Waals surface area contributed by atoms with E-state index in [4.69, 9.17) is 33.2 Å². The van der Waals surface area contributed by atoms with E-state index in [0.717, 1.165) is 53.9 Å². The zero-order valence-corrected chi connectivity index (χ0v) is 23.3. The maximum atomic E-state index is 12.7. The van der Waals surface area contributed by atoms with Crippen molar-refractivity contribution in [3.8, 4) is 0 Å². The highest BCUT2D eigenvalue weighted by molar-refractivity contribution is 6.39. The van der Waals surface area contributed by atoms with Crippen molar-refractivity contribution in [2.24, 2.45) is 0 Å². The van der Waals surface area contributed by atoms with E-state index in [1.807, 2.05) is 42.6 Å². The fourth-order valence-corrected chi connectivity index (χ4v) is 5.92. The second-order valence-electron chi connectivity index (χ2n) is 10.0. The predicted octanol–water partition coefficient (Wildman–Crippen LogP) is 7.31. The predicted molar refractivity (Wildman–Crippen MR) is 164 cm³/mol. The molecule has 1 aliphatic rings. The van der Waals surface area contributed by atoms with Gasteiger partial charge >= 0.3 is 0 Å². The van der Waals surface area contributed by atoms with E-state index in [1.165, 1.54) is 23.5 Å². The molecule has 41 heavy (non-hydrogen) atoms. The van der Waals surface area contributed by atoms with Crippen LogP contribution in [0.3, 0.4) is 0 Å². The van der Waals surface area contributed by atoms with E-state index in [1.54, 1.807) is 0 Å². The molecule has 7 nitrogen and oxygen atoms in total. The van der Waals surface area contributed by atoms with Crippen LogP contribution >= 0.6 is 23.2 Å². The van der Waals surface area contributed by atoms with Crippen LogP contribution in [0.4, 0.5) is 0 Å². The first-order valence-electron chi connectivity index (χ1n) is 13.3. The van der Waals surface area contributed by atoms with Gasteiger partial charge in [0.1, 0.15) is 5.82 Å². The van der Waals surface area contributed by atoms with Crippen molar-refractivity contribution in [2.45, 2.75) is 52.4 Å². The lowest BCUT2D eigenvalue weighted by Gasteiger charge is -2.34. The Morgan fingerprint density at radius 1 is 0.976 bits per heavy atom. The van der Waals surface area contributed by atoms with Crippen molar-refractivity contribution in [1.82, 2.24) is 30.2 Å². The molecule has 0 saturated carbocycles. The molecule has 5 aromatic rings. The van der Waals surface area contributed by atoms with Crippen LogP contribution < -0.4 is 5.32 Å². The highest BCUT2D eigenvalue weighted by Crippen LogP contribution is 2.34. The first-order valence-corrected chi connectivity index (χ1v) is 14.1. The molecule has 0 spiro atoms. The number of carbonyl (C=O) groups excluding carboxylic acids is 1. The van der Waals surface area contributed by atoms with Gasteiger partial charge in [0.05, 0.1) is 44.9 Å². The average Bonchev–Trinajstić information content (AvgIpc) is 3.38. The number of imidazole rings is 1. The molecule has 6 rings (SSSR count). The maximum absolute atomic E-state index is 12.7. The highest BCUT2D eigenvalue weighted by Gasteiger charge is 2.28. The lowest BCUT2D eigenvalue weighted by atomic mass is 9.90. The van der Waals surface area contributed by atoms with Gasteiger partial charge in [-0.3, -0.25) is 19.7 Å². The summed E-state index contributed by atoms with van der Waals surface area (Å²) in [6.07, 6.45) is 7.96. The van der Waals surface area contributed by atoms with Gasteiger partial charge in [0.2, 0.25) is 0 Å². The average molecular weight is 588 g/mol. The number of nitrogens with zero attached hydrogens (tertiary/aromatic N) is 4. The van der Waals surface area contributed by atoms with Crippen LogP contribution in [0.15, 0.2) is 79.3 Å². The normalized spacial score (nSPS) is 14.5. The SMILES string of the molecule is C.O=C(NCc1ccc(CN(Cc2nc3ccccc3[nH]2)[C@H]2CCCc3cccnc32)cc1)c1c(Cl)cncc1Cl. The van der Waals surface area contributed by atoms with Gasteiger partial charge in [-0.1, -0.05) is 73.1 Å². The number of aryl methyl sites for hydroxylation is 1. The molecule has 0 radical (unpaired) electrons. The molecule has 2 N–H and O–H groups in total. The van der Waals surface area contributed by atoms with Gasteiger partial charge in [-0.2, -0.15) is 0 Å². The number of para-hydroxylation sites is 2. The summed E-state index contributed by atoms with van der Waals surface area (Å²) in [6.45, 7) is 1.78. The fraction of sp³-hybridized carbons (Fsp3) is 0.250. The molecule has 0 saturated heterocycles. The lowest BCUT2D eigenvalue weighted by molar-refractivity contribution is 0.0951. The van der Waals surface area contributed by atoms with Crippen molar-refractivity contribution >= 4 is 40.1 Å². The number of amides is 1. The first-order chi connectivity index (χ1) is 19.5. The summed E-state index contributed by atoms with van der Waals surface area (Å²) >= 11 is 12.3. The van der Waals surface area contributed by atoms with Gasteiger partial charge in [0.15, 0.2) is 0 Å². The van der Waals surface area contributed by atoms with Crippen LogP contribution in [0.25, 0.3) is 11.0 Å². The van der Waals surface area contributed by atoms with Crippen LogP contribution in [-0.2, 0) is 26.1 Å². The number of rotatable bonds is 8. The van der Waals surface area contributed by atoms with Crippen LogP contribution in [-0.4, -0.2) is 30.7 Å². The molecule has 9 heteroatoms. The zero-order chi connectivity index (χ0) is 27.5. The lowest BCUT2D eigenvalue weighted by Crippen LogP contribution is -2.31. The Kier molecular flexibility index (Phi) is 8.98. The van der Waals surface area contributed by atoms with Gasteiger partial charge in [0, 0.05) is 31.7 Å². The van der Waals surface area contributed by atoms with Gasteiger partial charge in [-0.05, 0) is 54.2 Å². The Morgan fingerprint density at radius 3 is 2.51 bits per heavy atom. The number of carbonyl (C=O) groups is 1. The molecule has 1 aliphatic carbocycles. The quantitative estimate of drug-likeness (QED) is 0.199. The molecule has 1 atom stereocenters. The molecule has 3 heterocycles. The summed E-state index contributed by atoms with van der Waals surface area (Å²) < 4.78 is 0. The van der Waals surface area contributed by atoms with Gasteiger partial charge in [-0.25, -0.2) is 4.98 Å². The van der Waals surface area contributed by atoms with Crippen LogP contribution in [0.5, 0.6) is 0 Å². The van der Waals surface area contributed by atoms with Crippen molar-refractivity contribution in [3.63, 3.8) is 0 Å². The molecule has 3 aromatic heterocycles. The smallest absolute Gasteiger partial charge is 0.254 e. The Labute approximate surface area is 250 Å². The number of aromatic nitrogens is 4. The molecule has 0 unspecified atom stereocenters. The molecular weight excluding hydrogens is 555 g/mol. The van der Waals surface area contributed by atoms with Crippen molar-refractivity contribution in [2.75, 3.05) is 0 Å². The molecule has 2 aromatic carbocycles. The molecule has 1 amide bonds. The van der Waals surface area contributed by atoms with Gasteiger partial charge < -0.3 is 10.3 Å². The monoisotopic (exact) mass is 586 g/mol. The third kappa shape index (κ3) is 6.43. The molecule has 0 fully saturated rings. The number of halogens is 2. The Hall–Kier alpha value is -3.78. The number of nitrogens with one attached hydrogen (secondary N) is 2. The Balaban J connectivity index is 0.00000337. The molecule has 0 aliphatic heterocycles. The summed E-state index contributed by atoms with van der Waals surface area (Å²) in [5, 5.41) is 3.35. The minimum Gasteiger partial charge on any atom is -0.348 e. The van der Waals surface area contributed by atoms with E-state index < -0.39 is 0 Å². The number of fused-ring (bicyclic) bond motifs is 2. The second kappa shape index (κ2) is 12.8. The van der Waals surface area contributed by atoms with E-state index in [0.29, 0.717) is 13.1 Å². The molecule has 0 bridgehead atoms. The summed E-state index contributed by atoms with van der Waals surface area (Å²) in [6, 6.07) is 20.9. The van der Waals surface area contributed by atoms with Crippen molar-refractivity contribution < 1.29 is 4.79 Å². The third-order valence-electron chi connectivity index (χ3n) is 7.34. The topological polar surface area (TPSA) is 86.8 Å². The summed E-state index contributed by atoms with van der Waals surface area (Å²) in [4.78, 5) is 32.2. The van der Waals surface area contributed by atoms with E-state index in [-0.39, 0.29) is 35.0 Å². The summed E-state index contributed by atoms with van der Waals surface area (Å²) in [5.41, 5.74) is 6.89. The number of benzene rings is 2. The van der Waals surface area contributed by atoms with E-state index >= 15 is 0 Å². The second-order valence-corrected chi connectivity index (χ2v) is 10.9. The highest BCUT2D eigenvalue weighted by atomic mass is 35.5. The van der Waals surface area contributed by atoms with E-state index in [9.17, 15) is 4.79 Å². The Bertz CT molecular complexity index is 1600. The van der Waals surface area contributed by atoms with Crippen LogP contribution in [0.2, 0.25) is 10.0 Å². The molecule has 210 valence electrons. The standard InChI is InChI=1S/C31H28Cl2N6O.CH4/c32-23-16-34-17-24(33)29(23)31(40)36-15-20-10-12-21(13-11-20)18-39(19-28-37-25-7-1-2-8-26(25)38-28)27-9-3-5-22-6-4-14-35-30(22)27;/h1-2,4,6-8,10-14,16-17,27H,3,5,9,15,18-19H2,(H,36,40)(H,37,38);1H4/t27-;/m0./s1. The summed E-state index contributed by atoms with van der Waals surface area (Å²) in [5.74, 6) is 0.610. The number of aromatic amines is 1. The number of hydrogen-bond acceptors (Lipinski definition) is 5. The van der Waals surface area contributed by atoms with Crippen molar-refractivity contribution in [3.05, 3.63) is 123 Å². The number of H-pyrrole nitrogens is 1. The van der Waals surface area contributed by atoms with Crippen LogP contribution in [0.1, 0.15) is 64.9 Å². The zero-order valence-electron chi connectivity index (χ0n) is 21.8. The Morgan fingerprint density at radius 2 is 1.73 bits per heavy atom. The fourth-order valence-electron chi connectivity index (χ4n) is 5.39. The largest absolute Gasteiger partial charge is 0.348 e. The van der Waals surface area contributed by atoms with Crippen molar-refractivity contribution in [1.29, 1.82) is 0 Å². The minimum absolute atomic E-state index is 0. The number of pyridine rings is 2. The first kappa shape index (κ1) is 28.7. The third-order valence-corrected chi connectivity index (χ3v) is 7.91. The van der Waals surface area contributed by atoms with Gasteiger partial charge in [0.25, 0.3) is 5.91 Å². The van der Waals surface area contributed by atoms with E-state index in [2.05, 4.69) is 44.5 Å².